The minimum absolute atomic E-state index is 0.114. The number of hydrogen-bond acceptors (Lipinski definition) is 4. The molecule has 1 N–H and O–H groups in total. The Labute approximate surface area is 194 Å². The van der Waals surface area contributed by atoms with Crippen LogP contribution in [-0.4, -0.2) is 58.6 Å². The lowest BCUT2D eigenvalue weighted by atomic mass is 10.0. The van der Waals surface area contributed by atoms with E-state index in [2.05, 4.69) is 22.3 Å². The van der Waals surface area contributed by atoms with Crippen molar-refractivity contribution in [3.05, 3.63) is 60.2 Å². The molecule has 0 radical (unpaired) electrons. The van der Waals surface area contributed by atoms with Gasteiger partial charge in [0.25, 0.3) is 0 Å². The van der Waals surface area contributed by atoms with Crippen molar-refractivity contribution in [2.24, 2.45) is 0 Å². The molecule has 2 aromatic carbocycles. The fraction of sp³-hybridized carbons (Fsp3) is 0.440. The molecule has 0 bridgehead atoms. The first kappa shape index (κ1) is 22.5. The van der Waals surface area contributed by atoms with Gasteiger partial charge in [-0.15, -0.1) is 11.8 Å². The normalized spacial score (nSPS) is 17.4. The molecule has 4 rings (SSSR count). The topological polar surface area (TPSA) is 61.9 Å². The maximum Gasteiger partial charge on any atom is 0.321 e. The third kappa shape index (κ3) is 5.04. The molecular formula is C25H31N3O3S. The van der Waals surface area contributed by atoms with E-state index < -0.39 is 0 Å². The highest BCUT2D eigenvalue weighted by Gasteiger charge is 2.46. The number of carbonyl (C=O) groups excluding carboxylic acids is 2. The van der Waals surface area contributed by atoms with Crippen molar-refractivity contribution in [3.8, 4) is 5.75 Å². The van der Waals surface area contributed by atoms with E-state index >= 15 is 0 Å². The molecule has 0 saturated carbocycles. The molecule has 2 aliphatic rings. The van der Waals surface area contributed by atoms with Gasteiger partial charge in [0.2, 0.25) is 5.91 Å². The molecule has 2 aliphatic heterocycles. The fourth-order valence-corrected chi connectivity index (χ4v) is 5.98. The van der Waals surface area contributed by atoms with Gasteiger partial charge in [-0.3, -0.25) is 4.79 Å². The summed E-state index contributed by atoms with van der Waals surface area (Å²) in [4.78, 5) is 29.7. The van der Waals surface area contributed by atoms with Gasteiger partial charge in [-0.25, -0.2) is 4.79 Å². The van der Waals surface area contributed by atoms with Crippen LogP contribution in [-0.2, 0) is 11.2 Å². The maximum atomic E-state index is 13.1. The van der Waals surface area contributed by atoms with E-state index in [1.165, 1.54) is 5.56 Å². The standard InChI is InChI=1S/C25H31N3O3S/c1-2-31-22-11-7-6-10-21(22)26-24(30)27-16-14-25(15-17-27)28(18-19-32-25)23(29)13-12-20-8-4-3-5-9-20/h3-11H,2,12-19H2,1H3,(H,26,30). The molecule has 2 heterocycles. The summed E-state index contributed by atoms with van der Waals surface area (Å²) in [5, 5.41) is 2.99. The largest absolute Gasteiger partial charge is 0.492 e. The van der Waals surface area contributed by atoms with Gasteiger partial charge < -0.3 is 19.9 Å². The molecule has 1 spiro atoms. The van der Waals surface area contributed by atoms with Crippen LogP contribution < -0.4 is 10.1 Å². The number of amides is 3. The Balaban J connectivity index is 1.33. The second kappa shape index (κ2) is 10.3. The number of carbonyl (C=O) groups is 2. The van der Waals surface area contributed by atoms with Crippen LogP contribution in [0.2, 0.25) is 0 Å². The van der Waals surface area contributed by atoms with Crippen LogP contribution >= 0.6 is 11.8 Å². The zero-order valence-corrected chi connectivity index (χ0v) is 19.4. The fourth-order valence-electron chi connectivity index (χ4n) is 4.51. The lowest BCUT2D eigenvalue weighted by Gasteiger charge is -2.44. The lowest BCUT2D eigenvalue weighted by molar-refractivity contribution is -0.134. The van der Waals surface area contributed by atoms with Crippen LogP contribution in [0.3, 0.4) is 0 Å². The van der Waals surface area contributed by atoms with Crippen molar-refractivity contribution in [2.45, 2.75) is 37.5 Å². The van der Waals surface area contributed by atoms with Crippen LogP contribution in [0, 0.1) is 0 Å². The summed E-state index contributed by atoms with van der Waals surface area (Å²) in [6.07, 6.45) is 2.90. The molecular weight excluding hydrogens is 422 g/mol. The number of nitrogens with one attached hydrogen (secondary N) is 1. The van der Waals surface area contributed by atoms with Crippen molar-refractivity contribution in [1.82, 2.24) is 9.80 Å². The van der Waals surface area contributed by atoms with E-state index in [1.807, 2.05) is 66.1 Å². The second-order valence-electron chi connectivity index (χ2n) is 8.17. The van der Waals surface area contributed by atoms with Crippen molar-refractivity contribution in [2.75, 3.05) is 37.3 Å². The molecule has 7 heteroatoms. The van der Waals surface area contributed by atoms with Gasteiger partial charge in [0.1, 0.15) is 5.75 Å². The zero-order chi connectivity index (χ0) is 22.4. The zero-order valence-electron chi connectivity index (χ0n) is 18.6. The molecule has 0 unspecified atom stereocenters. The van der Waals surface area contributed by atoms with Crippen LogP contribution in [0.1, 0.15) is 31.7 Å². The second-order valence-corrected chi connectivity index (χ2v) is 9.63. The Morgan fingerprint density at radius 3 is 2.50 bits per heavy atom. The quantitative estimate of drug-likeness (QED) is 0.693. The molecule has 0 atom stereocenters. The number of rotatable bonds is 6. The van der Waals surface area contributed by atoms with Gasteiger partial charge in [0, 0.05) is 31.8 Å². The summed E-state index contributed by atoms with van der Waals surface area (Å²) in [5.74, 6) is 1.87. The van der Waals surface area contributed by atoms with Crippen LogP contribution in [0.4, 0.5) is 10.5 Å². The summed E-state index contributed by atoms with van der Waals surface area (Å²) >= 11 is 1.88. The van der Waals surface area contributed by atoms with Crippen LogP contribution in [0.5, 0.6) is 5.75 Å². The van der Waals surface area contributed by atoms with Crippen molar-refractivity contribution >= 4 is 29.4 Å². The SMILES string of the molecule is CCOc1ccccc1NC(=O)N1CCC2(CC1)SCCN2C(=O)CCc1ccccc1. The number of benzene rings is 2. The van der Waals surface area contributed by atoms with Crippen molar-refractivity contribution in [3.63, 3.8) is 0 Å². The first-order chi connectivity index (χ1) is 15.6. The maximum absolute atomic E-state index is 13.1. The number of urea groups is 1. The first-order valence-electron chi connectivity index (χ1n) is 11.4. The molecule has 170 valence electrons. The number of nitrogens with zero attached hydrogens (tertiary/aromatic N) is 2. The van der Waals surface area contributed by atoms with E-state index in [4.69, 9.17) is 4.74 Å². The number of hydrogen-bond donors (Lipinski definition) is 1. The van der Waals surface area contributed by atoms with E-state index in [-0.39, 0.29) is 16.8 Å². The highest BCUT2D eigenvalue weighted by Crippen LogP contribution is 2.44. The molecule has 32 heavy (non-hydrogen) atoms. The summed E-state index contributed by atoms with van der Waals surface area (Å²) in [6.45, 7) is 4.54. The smallest absolute Gasteiger partial charge is 0.321 e. The Bertz CT molecular complexity index is 929. The number of anilines is 1. The van der Waals surface area contributed by atoms with Crippen LogP contribution in [0.25, 0.3) is 0 Å². The molecule has 6 nitrogen and oxygen atoms in total. The average molecular weight is 454 g/mol. The first-order valence-corrected chi connectivity index (χ1v) is 12.4. The highest BCUT2D eigenvalue weighted by atomic mass is 32.2. The van der Waals surface area contributed by atoms with Gasteiger partial charge in [-0.1, -0.05) is 42.5 Å². The molecule has 0 aromatic heterocycles. The van der Waals surface area contributed by atoms with Crippen molar-refractivity contribution in [1.29, 1.82) is 0 Å². The average Bonchev–Trinajstić information content (AvgIpc) is 3.23. The number of aryl methyl sites for hydroxylation is 1. The number of ether oxygens (including phenoxy) is 1. The monoisotopic (exact) mass is 453 g/mol. The number of para-hydroxylation sites is 2. The Kier molecular flexibility index (Phi) is 7.25. The van der Waals surface area contributed by atoms with Crippen molar-refractivity contribution < 1.29 is 14.3 Å². The van der Waals surface area contributed by atoms with Gasteiger partial charge in [0.05, 0.1) is 17.2 Å². The van der Waals surface area contributed by atoms with E-state index in [0.29, 0.717) is 37.6 Å². The molecule has 2 saturated heterocycles. The summed E-state index contributed by atoms with van der Waals surface area (Å²) < 4.78 is 5.62. The predicted octanol–water partition coefficient (Wildman–Crippen LogP) is 4.62. The third-order valence-corrected chi connectivity index (χ3v) is 7.76. The molecule has 2 aromatic rings. The molecule has 3 amide bonds. The summed E-state index contributed by atoms with van der Waals surface area (Å²) in [6, 6.07) is 17.6. The van der Waals surface area contributed by atoms with Crippen LogP contribution in [0.15, 0.2) is 54.6 Å². The highest BCUT2D eigenvalue weighted by molar-refractivity contribution is 8.00. The van der Waals surface area contributed by atoms with Gasteiger partial charge >= 0.3 is 6.03 Å². The van der Waals surface area contributed by atoms with E-state index in [1.54, 1.807) is 0 Å². The van der Waals surface area contributed by atoms with Gasteiger partial charge in [-0.05, 0) is 43.9 Å². The molecule has 2 fully saturated rings. The van der Waals surface area contributed by atoms with Gasteiger partial charge in [-0.2, -0.15) is 0 Å². The summed E-state index contributed by atoms with van der Waals surface area (Å²) in [7, 11) is 0. The minimum atomic E-state index is -0.173. The predicted molar refractivity (Wildman–Crippen MR) is 129 cm³/mol. The molecule has 0 aliphatic carbocycles. The van der Waals surface area contributed by atoms with E-state index in [0.717, 1.165) is 31.6 Å². The Morgan fingerprint density at radius 1 is 1.03 bits per heavy atom. The number of thioether (sulfide) groups is 1. The Morgan fingerprint density at radius 2 is 1.75 bits per heavy atom. The Hall–Kier alpha value is -2.67. The summed E-state index contributed by atoms with van der Waals surface area (Å²) in [5.41, 5.74) is 1.88. The minimum Gasteiger partial charge on any atom is -0.492 e. The van der Waals surface area contributed by atoms with E-state index in [9.17, 15) is 9.59 Å². The number of likely N-dealkylation sites (tertiary alicyclic amines) is 1. The number of piperidine rings is 1. The third-order valence-electron chi connectivity index (χ3n) is 6.21. The lowest BCUT2D eigenvalue weighted by Crippen LogP contribution is -2.54. The van der Waals surface area contributed by atoms with Gasteiger partial charge in [0.15, 0.2) is 0 Å².